The summed E-state index contributed by atoms with van der Waals surface area (Å²) >= 11 is 3.60. The minimum atomic E-state index is 0.312. The van der Waals surface area contributed by atoms with Crippen molar-refractivity contribution in [3.05, 3.63) is 74.6 Å². The number of thiophene rings is 2. The highest BCUT2D eigenvalue weighted by Crippen LogP contribution is 2.25. The lowest BCUT2D eigenvalue weighted by molar-refractivity contribution is 0.474. The van der Waals surface area contributed by atoms with Crippen LogP contribution in [0.2, 0.25) is 0 Å². The molecule has 2 N–H and O–H groups in total. The van der Waals surface area contributed by atoms with Crippen molar-refractivity contribution < 1.29 is 5.11 Å². The topological polar surface area (TPSA) is 32.3 Å². The van der Waals surface area contributed by atoms with Gasteiger partial charge in [0.25, 0.3) is 0 Å². The van der Waals surface area contributed by atoms with E-state index in [9.17, 15) is 5.11 Å². The van der Waals surface area contributed by atoms with Crippen LogP contribution in [-0.4, -0.2) is 5.11 Å². The van der Waals surface area contributed by atoms with Gasteiger partial charge in [-0.15, -0.1) is 22.7 Å². The lowest BCUT2D eigenvalue weighted by atomic mass is 10.1. The third-order valence-electron chi connectivity index (χ3n) is 3.36. The van der Waals surface area contributed by atoms with Crippen molar-refractivity contribution >= 4 is 22.7 Å². The van der Waals surface area contributed by atoms with Crippen molar-refractivity contribution in [1.82, 2.24) is 5.32 Å². The third-order valence-corrected chi connectivity index (χ3v) is 5.25. The van der Waals surface area contributed by atoms with E-state index >= 15 is 0 Å². The van der Waals surface area contributed by atoms with Crippen LogP contribution in [0.4, 0.5) is 0 Å². The van der Waals surface area contributed by atoms with Crippen molar-refractivity contribution in [2.24, 2.45) is 0 Å². The van der Waals surface area contributed by atoms with Gasteiger partial charge in [0.15, 0.2) is 0 Å². The second-order valence-electron chi connectivity index (χ2n) is 4.90. The number of benzene rings is 1. The number of nitrogens with one attached hydrogen (secondary N) is 1. The van der Waals surface area contributed by atoms with E-state index in [0.717, 1.165) is 13.0 Å². The van der Waals surface area contributed by atoms with Gasteiger partial charge in [-0.1, -0.05) is 24.3 Å². The Morgan fingerprint density at radius 3 is 2.38 bits per heavy atom. The minimum Gasteiger partial charge on any atom is -0.508 e. The second-order valence-corrected chi connectivity index (χ2v) is 6.91. The van der Waals surface area contributed by atoms with Gasteiger partial charge in [-0.05, 0) is 40.6 Å². The summed E-state index contributed by atoms with van der Waals surface area (Å²) in [5.74, 6) is 0.312. The molecule has 0 saturated carbocycles. The van der Waals surface area contributed by atoms with Crippen molar-refractivity contribution in [2.45, 2.75) is 19.0 Å². The maximum absolute atomic E-state index is 9.34. The van der Waals surface area contributed by atoms with Gasteiger partial charge < -0.3 is 10.4 Å². The predicted molar refractivity (Wildman–Crippen MR) is 90.0 cm³/mol. The summed E-state index contributed by atoms with van der Waals surface area (Å²) in [4.78, 5) is 2.76. The molecule has 0 spiro atoms. The first-order chi connectivity index (χ1) is 10.3. The molecule has 1 atom stereocenters. The molecule has 4 heteroatoms. The maximum atomic E-state index is 9.34. The summed E-state index contributed by atoms with van der Waals surface area (Å²) in [6.45, 7) is 0.800. The number of rotatable bonds is 6. The Bertz CT molecular complexity index is 645. The zero-order chi connectivity index (χ0) is 14.5. The van der Waals surface area contributed by atoms with Crippen LogP contribution in [0.25, 0.3) is 0 Å². The van der Waals surface area contributed by atoms with E-state index in [2.05, 4.69) is 40.3 Å². The van der Waals surface area contributed by atoms with Gasteiger partial charge >= 0.3 is 0 Å². The molecule has 2 aromatic heterocycles. The zero-order valence-corrected chi connectivity index (χ0v) is 13.2. The Kier molecular flexibility index (Phi) is 4.70. The summed E-state index contributed by atoms with van der Waals surface area (Å²) in [6.07, 6.45) is 1.01. The van der Waals surface area contributed by atoms with Gasteiger partial charge in [0, 0.05) is 28.8 Å². The number of hydrogen-bond donors (Lipinski definition) is 2. The molecule has 2 nitrogen and oxygen atoms in total. The van der Waals surface area contributed by atoms with Gasteiger partial charge in [-0.3, -0.25) is 0 Å². The Hall–Kier alpha value is -1.62. The Morgan fingerprint density at radius 1 is 0.952 bits per heavy atom. The quantitative estimate of drug-likeness (QED) is 0.697. The molecule has 0 saturated heterocycles. The van der Waals surface area contributed by atoms with Crippen LogP contribution in [0.15, 0.2) is 59.3 Å². The van der Waals surface area contributed by atoms with Crippen molar-refractivity contribution in [1.29, 1.82) is 0 Å². The molecule has 0 radical (unpaired) electrons. The molecule has 0 bridgehead atoms. The Morgan fingerprint density at radius 2 is 1.71 bits per heavy atom. The molecule has 0 amide bonds. The summed E-state index contributed by atoms with van der Waals surface area (Å²) in [6, 6.07) is 16.3. The number of hydrogen-bond acceptors (Lipinski definition) is 4. The standard InChI is InChI=1S/C17H17NOS2/c19-14-7-5-13(6-8-14)12-18-16(17-4-2-10-21-17)11-15-3-1-9-20-15/h1-10,16,18-19H,11-12H2. The van der Waals surface area contributed by atoms with Gasteiger partial charge in [-0.2, -0.15) is 0 Å². The molecule has 21 heavy (non-hydrogen) atoms. The van der Waals surface area contributed by atoms with Crippen LogP contribution in [-0.2, 0) is 13.0 Å². The average Bonchev–Trinajstić information content (AvgIpc) is 3.18. The van der Waals surface area contributed by atoms with Crippen LogP contribution in [0.3, 0.4) is 0 Å². The van der Waals surface area contributed by atoms with Gasteiger partial charge in [-0.25, -0.2) is 0 Å². The normalized spacial score (nSPS) is 12.4. The highest BCUT2D eigenvalue weighted by Gasteiger charge is 2.13. The van der Waals surface area contributed by atoms with E-state index in [1.165, 1.54) is 15.3 Å². The van der Waals surface area contributed by atoms with E-state index in [1.54, 1.807) is 34.8 Å². The lowest BCUT2D eigenvalue weighted by Crippen LogP contribution is -2.21. The fraction of sp³-hybridized carbons (Fsp3) is 0.176. The summed E-state index contributed by atoms with van der Waals surface area (Å²) in [7, 11) is 0. The van der Waals surface area contributed by atoms with E-state index < -0.39 is 0 Å². The number of phenolic OH excluding ortho intramolecular Hbond substituents is 1. The highest BCUT2D eigenvalue weighted by molar-refractivity contribution is 7.10. The van der Waals surface area contributed by atoms with Crippen LogP contribution in [0.5, 0.6) is 5.75 Å². The first-order valence-corrected chi connectivity index (χ1v) is 8.64. The number of phenols is 1. The molecule has 0 aliphatic rings. The Balaban J connectivity index is 1.69. The van der Waals surface area contributed by atoms with Gasteiger partial charge in [0.05, 0.1) is 0 Å². The van der Waals surface area contributed by atoms with Crippen LogP contribution in [0.1, 0.15) is 21.4 Å². The lowest BCUT2D eigenvalue weighted by Gasteiger charge is -2.17. The van der Waals surface area contributed by atoms with Crippen molar-refractivity contribution in [3.8, 4) is 5.75 Å². The fourth-order valence-electron chi connectivity index (χ4n) is 2.25. The van der Waals surface area contributed by atoms with E-state index in [-0.39, 0.29) is 0 Å². The molecular formula is C17H17NOS2. The van der Waals surface area contributed by atoms with Crippen LogP contribution in [0, 0.1) is 0 Å². The predicted octanol–water partition coefficient (Wildman–Crippen LogP) is 4.59. The van der Waals surface area contributed by atoms with Crippen LogP contribution >= 0.6 is 22.7 Å². The summed E-state index contributed by atoms with van der Waals surface area (Å²) < 4.78 is 0. The molecule has 0 aliphatic carbocycles. The zero-order valence-electron chi connectivity index (χ0n) is 11.5. The highest BCUT2D eigenvalue weighted by atomic mass is 32.1. The van der Waals surface area contributed by atoms with E-state index in [0.29, 0.717) is 11.8 Å². The molecule has 3 aromatic rings. The summed E-state index contributed by atoms with van der Waals surface area (Å²) in [5, 5.41) is 17.2. The minimum absolute atomic E-state index is 0.312. The molecule has 1 aromatic carbocycles. The first-order valence-electron chi connectivity index (χ1n) is 6.88. The van der Waals surface area contributed by atoms with Crippen molar-refractivity contribution in [2.75, 3.05) is 0 Å². The smallest absolute Gasteiger partial charge is 0.115 e. The van der Waals surface area contributed by atoms with E-state index in [4.69, 9.17) is 0 Å². The van der Waals surface area contributed by atoms with Crippen molar-refractivity contribution in [3.63, 3.8) is 0 Å². The average molecular weight is 315 g/mol. The number of aromatic hydroxyl groups is 1. The molecular weight excluding hydrogens is 298 g/mol. The van der Waals surface area contributed by atoms with Gasteiger partial charge in [0.2, 0.25) is 0 Å². The Labute approximate surface area is 132 Å². The molecule has 108 valence electrons. The van der Waals surface area contributed by atoms with E-state index in [1.807, 2.05) is 12.1 Å². The second kappa shape index (κ2) is 6.89. The van der Waals surface area contributed by atoms with Gasteiger partial charge in [0.1, 0.15) is 5.75 Å². The molecule has 0 fully saturated rings. The monoisotopic (exact) mass is 315 g/mol. The maximum Gasteiger partial charge on any atom is 0.115 e. The SMILES string of the molecule is Oc1ccc(CNC(Cc2cccs2)c2cccs2)cc1. The molecule has 1 unspecified atom stereocenters. The molecule has 3 rings (SSSR count). The first kappa shape index (κ1) is 14.3. The fourth-order valence-corrected chi connectivity index (χ4v) is 3.80. The van der Waals surface area contributed by atoms with Crippen LogP contribution < -0.4 is 5.32 Å². The molecule has 0 aliphatic heterocycles. The third kappa shape index (κ3) is 3.94. The largest absolute Gasteiger partial charge is 0.508 e. The summed E-state index contributed by atoms with van der Waals surface area (Å²) in [5.41, 5.74) is 1.18. The molecule has 2 heterocycles.